The van der Waals surface area contributed by atoms with E-state index in [2.05, 4.69) is 22.5 Å². The van der Waals surface area contributed by atoms with Gasteiger partial charge in [-0.2, -0.15) is 0 Å². The fourth-order valence-corrected chi connectivity index (χ4v) is 1.84. The predicted molar refractivity (Wildman–Crippen MR) is 61.9 cm³/mol. The van der Waals surface area contributed by atoms with Gasteiger partial charge in [-0.05, 0) is 20.4 Å². The van der Waals surface area contributed by atoms with Crippen LogP contribution in [0.5, 0.6) is 0 Å². The molecule has 0 fully saturated rings. The zero-order valence-electron chi connectivity index (χ0n) is 9.33. The zero-order chi connectivity index (χ0) is 11.3. The van der Waals surface area contributed by atoms with Gasteiger partial charge in [0.25, 0.3) is 0 Å². The molecule has 5 heteroatoms. The third kappa shape index (κ3) is 3.60. The minimum atomic E-state index is -0.157. The summed E-state index contributed by atoms with van der Waals surface area (Å²) in [7, 11) is 1.77. The molecule has 0 saturated heterocycles. The number of carbonyl (C=O) groups is 1. The molecular formula is C10H17N3OS. The molecule has 0 bridgehead atoms. The average molecular weight is 227 g/mol. The number of rotatable bonds is 5. The molecule has 0 spiro atoms. The second-order valence-electron chi connectivity index (χ2n) is 3.30. The summed E-state index contributed by atoms with van der Waals surface area (Å²) in [6, 6.07) is -0.157. The first-order valence-corrected chi connectivity index (χ1v) is 5.87. The Morgan fingerprint density at radius 1 is 1.67 bits per heavy atom. The minimum absolute atomic E-state index is 0.00532. The van der Waals surface area contributed by atoms with E-state index in [4.69, 9.17) is 0 Å². The molecule has 1 atom stereocenters. The highest BCUT2D eigenvalue weighted by Gasteiger charge is 2.10. The van der Waals surface area contributed by atoms with Crippen molar-refractivity contribution in [2.24, 2.45) is 0 Å². The van der Waals surface area contributed by atoms with E-state index in [0.29, 0.717) is 6.54 Å². The van der Waals surface area contributed by atoms with Gasteiger partial charge in [0.05, 0.1) is 12.6 Å². The minimum Gasteiger partial charge on any atom is -0.348 e. The van der Waals surface area contributed by atoms with E-state index in [1.807, 2.05) is 13.1 Å². The van der Waals surface area contributed by atoms with E-state index in [0.717, 1.165) is 11.4 Å². The lowest BCUT2D eigenvalue weighted by atomic mass is 10.3. The topological polar surface area (TPSA) is 54.0 Å². The van der Waals surface area contributed by atoms with Crippen molar-refractivity contribution in [3.05, 3.63) is 16.1 Å². The smallest absolute Gasteiger partial charge is 0.237 e. The van der Waals surface area contributed by atoms with E-state index < -0.39 is 0 Å². The number of thiazole rings is 1. The number of aromatic nitrogens is 1. The van der Waals surface area contributed by atoms with E-state index in [-0.39, 0.29) is 11.9 Å². The largest absolute Gasteiger partial charge is 0.348 e. The second kappa shape index (κ2) is 5.82. The number of aryl methyl sites for hydroxylation is 1. The summed E-state index contributed by atoms with van der Waals surface area (Å²) in [5.74, 6) is 0.00532. The highest BCUT2D eigenvalue weighted by atomic mass is 32.1. The number of nitrogens with one attached hydrogen (secondary N) is 2. The van der Waals surface area contributed by atoms with Crippen LogP contribution in [-0.2, 0) is 17.8 Å². The second-order valence-corrected chi connectivity index (χ2v) is 4.50. The van der Waals surface area contributed by atoms with Crippen molar-refractivity contribution in [2.75, 3.05) is 7.05 Å². The Hall–Kier alpha value is -0.940. The maximum absolute atomic E-state index is 11.4. The van der Waals surface area contributed by atoms with Crippen LogP contribution < -0.4 is 10.6 Å². The first kappa shape index (κ1) is 12.1. The summed E-state index contributed by atoms with van der Waals surface area (Å²) in [6.07, 6.45) is 2.87. The fraction of sp³-hybridized carbons (Fsp3) is 0.600. The van der Waals surface area contributed by atoms with Crippen molar-refractivity contribution in [1.82, 2.24) is 15.6 Å². The first-order chi connectivity index (χ1) is 7.17. The van der Waals surface area contributed by atoms with Crippen molar-refractivity contribution < 1.29 is 4.79 Å². The summed E-state index contributed by atoms with van der Waals surface area (Å²) in [5.41, 5.74) is 0. The molecule has 0 radical (unpaired) electrons. The molecule has 84 valence electrons. The molecule has 15 heavy (non-hydrogen) atoms. The molecular weight excluding hydrogens is 210 g/mol. The van der Waals surface area contributed by atoms with Crippen molar-refractivity contribution >= 4 is 17.2 Å². The fourth-order valence-electron chi connectivity index (χ4n) is 1.04. The lowest BCUT2D eigenvalue weighted by Crippen LogP contribution is -2.39. The maximum Gasteiger partial charge on any atom is 0.237 e. The Bertz CT molecular complexity index is 324. The van der Waals surface area contributed by atoms with Crippen LogP contribution in [0.4, 0.5) is 0 Å². The summed E-state index contributed by atoms with van der Waals surface area (Å²) in [4.78, 5) is 16.9. The third-order valence-corrected chi connectivity index (χ3v) is 3.33. The first-order valence-electron chi connectivity index (χ1n) is 5.06. The van der Waals surface area contributed by atoms with Crippen LogP contribution in [0.25, 0.3) is 0 Å². The lowest BCUT2D eigenvalue weighted by Gasteiger charge is -2.09. The van der Waals surface area contributed by atoms with E-state index >= 15 is 0 Å². The van der Waals surface area contributed by atoms with Gasteiger partial charge in [-0.1, -0.05) is 6.92 Å². The SMILES string of the molecule is CCc1cnc(CNC(=O)C(C)NC)s1. The van der Waals surface area contributed by atoms with Gasteiger partial charge in [0.15, 0.2) is 0 Å². The van der Waals surface area contributed by atoms with Crippen LogP contribution in [0.15, 0.2) is 6.20 Å². The highest BCUT2D eigenvalue weighted by molar-refractivity contribution is 7.11. The summed E-state index contributed by atoms with van der Waals surface area (Å²) in [5, 5.41) is 6.68. The molecule has 1 heterocycles. The Labute approximate surface area is 94.1 Å². The summed E-state index contributed by atoms with van der Waals surface area (Å²) >= 11 is 1.65. The number of hydrogen-bond acceptors (Lipinski definition) is 4. The average Bonchev–Trinajstić information content (AvgIpc) is 2.72. The molecule has 1 aromatic heterocycles. The van der Waals surface area contributed by atoms with Gasteiger partial charge in [-0.15, -0.1) is 11.3 Å². The molecule has 0 aliphatic rings. The number of hydrogen-bond donors (Lipinski definition) is 2. The van der Waals surface area contributed by atoms with Crippen molar-refractivity contribution in [3.63, 3.8) is 0 Å². The van der Waals surface area contributed by atoms with Crippen LogP contribution in [0.2, 0.25) is 0 Å². The Morgan fingerprint density at radius 2 is 2.40 bits per heavy atom. The summed E-state index contributed by atoms with van der Waals surface area (Å²) in [6.45, 7) is 4.45. The Balaban J connectivity index is 2.40. The Kier molecular flexibility index (Phi) is 4.71. The van der Waals surface area contributed by atoms with Gasteiger partial charge >= 0.3 is 0 Å². The van der Waals surface area contributed by atoms with Crippen LogP contribution >= 0.6 is 11.3 Å². The molecule has 4 nitrogen and oxygen atoms in total. The Morgan fingerprint density at radius 3 is 2.93 bits per heavy atom. The molecule has 1 rings (SSSR count). The van der Waals surface area contributed by atoms with Crippen LogP contribution in [0.1, 0.15) is 23.7 Å². The van der Waals surface area contributed by atoms with Crippen LogP contribution in [-0.4, -0.2) is 24.0 Å². The number of nitrogens with zero attached hydrogens (tertiary/aromatic N) is 1. The monoisotopic (exact) mass is 227 g/mol. The van der Waals surface area contributed by atoms with E-state index in [1.54, 1.807) is 18.4 Å². The van der Waals surface area contributed by atoms with Gasteiger partial charge in [0, 0.05) is 11.1 Å². The normalized spacial score (nSPS) is 12.5. The van der Waals surface area contributed by atoms with E-state index in [1.165, 1.54) is 4.88 Å². The molecule has 1 amide bonds. The standard InChI is InChI=1S/C10H17N3OS/c1-4-8-5-12-9(15-8)6-13-10(14)7(2)11-3/h5,7,11H,4,6H2,1-3H3,(H,13,14). The van der Waals surface area contributed by atoms with Gasteiger partial charge in [-0.3, -0.25) is 4.79 Å². The number of likely N-dealkylation sites (N-methyl/N-ethyl adjacent to an activating group) is 1. The van der Waals surface area contributed by atoms with Gasteiger partial charge in [0.1, 0.15) is 5.01 Å². The quantitative estimate of drug-likeness (QED) is 0.787. The molecule has 0 aliphatic heterocycles. The van der Waals surface area contributed by atoms with Crippen LogP contribution in [0.3, 0.4) is 0 Å². The third-order valence-electron chi connectivity index (χ3n) is 2.19. The highest BCUT2D eigenvalue weighted by Crippen LogP contribution is 2.12. The van der Waals surface area contributed by atoms with Crippen molar-refractivity contribution in [2.45, 2.75) is 32.9 Å². The molecule has 1 aromatic rings. The van der Waals surface area contributed by atoms with Crippen molar-refractivity contribution in [3.8, 4) is 0 Å². The van der Waals surface area contributed by atoms with Gasteiger partial charge < -0.3 is 10.6 Å². The van der Waals surface area contributed by atoms with Gasteiger partial charge in [0.2, 0.25) is 5.91 Å². The van der Waals surface area contributed by atoms with Crippen molar-refractivity contribution in [1.29, 1.82) is 0 Å². The van der Waals surface area contributed by atoms with Crippen LogP contribution in [0, 0.1) is 0 Å². The molecule has 0 aliphatic carbocycles. The maximum atomic E-state index is 11.4. The molecule has 1 unspecified atom stereocenters. The molecule has 2 N–H and O–H groups in total. The zero-order valence-corrected chi connectivity index (χ0v) is 10.1. The van der Waals surface area contributed by atoms with E-state index in [9.17, 15) is 4.79 Å². The lowest BCUT2D eigenvalue weighted by molar-refractivity contribution is -0.122. The van der Waals surface area contributed by atoms with Gasteiger partial charge in [-0.25, -0.2) is 4.98 Å². The molecule has 0 saturated carbocycles. The number of carbonyl (C=O) groups excluding carboxylic acids is 1. The number of amides is 1. The summed E-state index contributed by atoms with van der Waals surface area (Å²) < 4.78 is 0. The molecule has 0 aromatic carbocycles. The predicted octanol–water partition coefficient (Wildman–Crippen LogP) is 0.930.